The maximum absolute atomic E-state index is 12.6. The lowest BCUT2D eigenvalue weighted by Gasteiger charge is -2.09. The summed E-state index contributed by atoms with van der Waals surface area (Å²) in [4.78, 5) is 9.18. The Labute approximate surface area is 167 Å². The first-order chi connectivity index (χ1) is 13.5. The van der Waals surface area contributed by atoms with Crippen LogP contribution >= 0.6 is 11.3 Å². The first kappa shape index (κ1) is 18.3. The number of aryl methyl sites for hydroxylation is 1. The predicted octanol–water partition coefficient (Wildman–Crippen LogP) is 4.98. The van der Waals surface area contributed by atoms with Gasteiger partial charge < -0.3 is 0 Å². The standard InChI is InChI=1S/C21H17N3O2S2/c1-15-8-10-18(11-9-15)28(25,26)24-17-6-4-5-16(13-17)21-23-20(14-27-21)19-7-2-3-12-22-19/h2-14,24H,1H3. The zero-order valence-electron chi connectivity index (χ0n) is 15.0. The number of anilines is 1. The van der Waals surface area contributed by atoms with Crippen LogP contribution in [-0.4, -0.2) is 18.4 Å². The van der Waals surface area contributed by atoms with Gasteiger partial charge in [0, 0.05) is 22.8 Å². The van der Waals surface area contributed by atoms with Gasteiger partial charge in [0.15, 0.2) is 0 Å². The van der Waals surface area contributed by atoms with E-state index in [0.717, 1.165) is 27.5 Å². The molecule has 0 aliphatic rings. The molecule has 0 aliphatic carbocycles. The van der Waals surface area contributed by atoms with Gasteiger partial charge in [-0.3, -0.25) is 9.71 Å². The van der Waals surface area contributed by atoms with E-state index in [9.17, 15) is 8.42 Å². The number of thiazole rings is 1. The molecule has 140 valence electrons. The SMILES string of the molecule is Cc1ccc(S(=O)(=O)Nc2cccc(-c3nc(-c4ccccn4)cs3)c2)cc1. The molecule has 2 heterocycles. The Kier molecular flexibility index (Phi) is 4.93. The van der Waals surface area contributed by atoms with E-state index in [2.05, 4.69) is 14.7 Å². The number of sulfonamides is 1. The first-order valence-electron chi connectivity index (χ1n) is 8.58. The van der Waals surface area contributed by atoms with E-state index in [1.807, 2.05) is 42.6 Å². The van der Waals surface area contributed by atoms with Crippen molar-refractivity contribution in [1.29, 1.82) is 0 Å². The van der Waals surface area contributed by atoms with Crippen LogP contribution in [0.3, 0.4) is 0 Å². The third kappa shape index (κ3) is 3.95. The van der Waals surface area contributed by atoms with Crippen molar-refractivity contribution in [2.24, 2.45) is 0 Å². The molecule has 0 spiro atoms. The molecule has 4 aromatic rings. The van der Waals surface area contributed by atoms with Crippen molar-refractivity contribution in [3.63, 3.8) is 0 Å². The van der Waals surface area contributed by atoms with Gasteiger partial charge in [0.1, 0.15) is 10.7 Å². The smallest absolute Gasteiger partial charge is 0.261 e. The molecule has 0 amide bonds. The van der Waals surface area contributed by atoms with Crippen molar-refractivity contribution in [2.75, 3.05) is 4.72 Å². The Bertz CT molecular complexity index is 1200. The molecule has 4 rings (SSSR count). The summed E-state index contributed by atoms with van der Waals surface area (Å²) >= 11 is 1.49. The third-order valence-corrected chi connectivity index (χ3v) is 6.41. The molecule has 0 bridgehead atoms. The van der Waals surface area contributed by atoms with E-state index < -0.39 is 10.0 Å². The zero-order valence-corrected chi connectivity index (χ0v) is 16.7. The maximum atomic E-state index is 12.6. The number of benzene rings is 2. The van der Waals surface area contributed by atoms with Crippen molar-refractivity contribution in [1.82, 2.24) is 9.97 Å². The summed E-state index contributed by atoms with van der Waals surface area (Å²) in [6.07, 6.45) is 1.73. The molecule has 28 heavy (non-hydrogen) atoms. The summed E-state index contributed by atoms with van der Waals surface area (Å²) < 4.78 is 27.9. The monoisotopic (exact) mass is 407 g/mol. The third-order valence-electron chi connectivity index (χ3n) is 4.12. The van der Waals surface area contributed by atoms with Gasteiger partial charge >= 0.3 is 0 Å². The highest BCUT2D eigenvalue weighted by molar-refractivity contribution is 7.92. The van der Waals surface area contributed by atoms with Crippen LogP contribution in [0.5, 0.6) is 0 Å². The summed E-state index contributed by atoms with van der Waals surface area (Å²) in [5, 5.41) is 2.75. The van der Waals surface area contributed by atoms with Crippen LogP contribution in [0, 0.1) is 6.92 Å². The number of pyridine rings is 1. The minimum Gasteiger partial charge on any atom is -0.280 e. The summed E-state index contributed by atoms with van der Waals surface area (Å²) in [5.41, 5.74) is 3.95. The van der Waals surface area contributed by atoms with Gasteiger partial charge in [-0.05, 0) is 43.3 Å². The largest absolute Gasteiger partial charge is 0.280 e. The first-order valence-corrected chi connectivity index (χ1v) is 10.9. The molecule has 0 aliphatic heterocycles. The second kappa shape index (κ2) is 7.53. The van der Waals surface area contributed by atoms with Crippen LogP contribution in [0.25, 0.3) is 22.0 Å². The maximum Gasteiger partial charge on any atom is 0.261 e. The van der Waals surface area contributed by atoms with E-state index in [-0.39, 0.29) is 4.90 Å². The van der Waals surface area contributed by atoms with Crippen LogP contribution in [0.1, 0.15) is 5.56 Å². The molecule has 0 atom stereocenters. The number of hydrogen-bond donors (Lipinski definition) is 1. The minimum absolute atomic E-state index is 0.232. The van der Waals surface area contributed by atoms with Crippen LogP contribution in [-0.2, 0) is 10.0 Å². The van der Waals surface area contributed by atoms with Crippen LogP contribution in [0.4, 0.5) is 5.69 Å². The molecule has 0 saturated carbocycles. The van der Waals surface area contributed by atoms with Crippen molar-refractivity contribution in [3.05, 3.63) is 83.9 Å². The molecule has 0 radical (unpaired) electrons. The zero-order chi connectivity index (χ0) is 19.6. The van der Waals surface area contributed by atoms with Crippen molar-refractivity contribution < 1.29 is 8.42 Å². The number of aromatic nitrogens is 2. The summed E-state index contributed by atoms with van der Waals surface area (Å²) in [7, 11) is -3.64. The van der Waals surface area contributed by atoms with E-state index in [0.29, 0.717) is 5.69 Å². The molecule has 1 N–H and O–H groups in total. The van der Waals surface area contributed by atoms with Gasteiger partial charge in [0.25, 0.3) is 10.0 Å². The predicted molar refractivity (Wildman–Crippen MR) is 113 cm³/mol. The normalized spacial score (nSPS) is 11.3. The van der Waals surface area contributed by atoms with E-state index in [1.165, 1.54) is 11.3 Å². The summed E-state index contributed by atoms with van der Waals surface area (Å²) in [6.45, 7) is 1.92. The van der Waals surface area contributed by atoms with E-state index in [4.69, 9.17) is 0 Å². The highest BCUT2D eigenvalue weighted by Crippen LogP contribution is 2.30. The second-order valence-electron chi connectivity index (χ2n) is 6.25. The fourth-order valence-electron chi connectivity index (χ4n) is 2.69. The van der Waals surface area contributed by atoms with Gasteiger partial charge in [-0.2, -0.15) is 0 Å². The second-order valence-corrected chi connectivity index (χ2v) is 8.79. The Morgan fingerprint density at radius 1 is 0.929 bits per heavy atom. The molecule has 0 saturated heterocycles. The Morgan fingerprint density at radius 2 is 1.75 bits per heavy atom. The van der Waals surface area contributed by atoms with Gasteiger partial charge in [0.05, 0.1) is 10.6 Å². The van der Waals surface area contributed by atoms with Crippen LogP contribution < -0.4 is 4.72 Å². The number of hydrogen-bond acceptors (Lipinski definition) is 5. The Morgan fingerprint density at radius 3 is 2.50 bits per heavy atom. The van der Waals surface area contributed by atoms with E-state index in [1.54, 1.807) is 42.6 Å². The molecule has 2 aromatic carbocycles. The van der Waals surface area contributed by atoms with Crippen LogP contribution in [0.15, 0.2) is 83.2 Å². The van der Waals surface area contributed by atoms with E-state index >= 15 is 0 Å². The number of rotatable bonds is 5. The van der Waals surface area contributed by atoms with Gasteiger partial charge in [-0.25, -0.2) is 13.4 Å². The highest BCUT2D eigenvalue weighted by Gasteiger charge is 2.15. The quantitative estimate of drug-likeness (QED) is 0.506. The average Bonchev–Trinajstić information content (AvgIpc) is 3.19. The number of nitrogens with one attached hydrogen (secondary N) is 1. The molecular formula is C21H17N3O2S2. The lowest BCUT2D eigenvalue weighted by molar-refractivity contribution is 0.601. The Balaban J connectivity index is 1.60. The van der Waals surface area contributed by atoms with Crippen LogP contribution in [0.2, 0.25) is 0 Å². The summed E-state index contributed by atoms with van der Waals surface area (Å²) in [6, 6.07) is 19.7. The minimum atomic E-state index is -3.64. The molecule has 0 unspecified atom stereocenters. The highest BCUT2D eigenvalue weighted by atomic mass is 32.2. The Hall–Kier alpha value is -3.03. The lowest BCUT2D eigenvalue weighted by Crippen LogP contribution is -2.12. The van der Waals surface area contributed by atoms with Gasteiger partial charge in [-0.15, -0.1) is 11.3 Å². The lowest BCUT2D eigenvalue weighted by atomic mass is 10.2. The molecular weight excluding hydrogens is 390 g/mol. The molecule has 0 fully saturated rings. The van der Waals surface area contributed by atoms with Gasteiger partial charge in [0.2, 0.25) is 0 Å². The van der Waals surface area contributed by atoms with Crippen molar-refractivity contribution in [2.45, 2.75) is 11.8 Å². The number of nitrogens with zero attached hydrogens (tertiary/aromatic N) is 2. The van der Waals surface area contributed by atoms with Crippen molar-refractivity contribution >= 4 is 27.0 Å². The average molecular weight is 408 g/mol. The molecule has 7 heteroatoms. The molecule has 2 aromatic heterocycles. The fraction of sp³-hybridized carbons (Fsp3) is 0.0476. The van der Waals surface area contributed by atoms with Crippen molar-refractivity contribution in [3.8, 4) is 22.0 Å². The topological polar surface area (TPSA) is 72.0 Å². The van der Waals surface area contributed by atoms with Gasteiger partial charge in [-0.1, -0.05) is 35.9 Å². The summed E-state index contributed by atoms with van der Waals surface area (Å²) in [5.74, 6) is 0. The molecule has 5 nitrogen and oxygen atoms in total. The fourth-order valence-corrected chi connectivity index (χ4v) is 4.55.